The van der Waals surface area contributed by atoms with Crippen molar-refractivity contribution in [1.82, 2.24) is 5.32 Å². The van der Waals surface area contributed by atoms with Crippen LogP contribution in [0.15, 0.2) is 24.3 Å². The molecule has 2 rings (SSSR count). The predicted molar refractivity (Wildman–Crippen MR) is 79.4 cm³/mol. The lowest BCUT2D eigenvalue weighted by Crippen LogP contribution is -2.41. The van der Waals surface area contributed by atoms with Crippen LogP contribution >= 0.6 is 11.6 Å². The van der Waals surface area contributed by atoms with Crippen molar-refractivity contribution in [3.05, 3.63) is 34.9 Å². The zero-order chi connectivity index (χ0) is 13.7. The zero-order valence-electron chi connectivity index (χ0n) is 11.5. The first-order chi connectivity index (χ1) is 9.10. The normalized spacial score (nSPS) is 18.0. The summed E-state index contributed by atoms with van der Waals surface area (Å²) in [6, 6.07) is 7.81. The Morgan fingerprint density at radius 2 is 2.05 bits per heavy atom. The van der Waals surface area contributed by atoms with Crippen molar-refractivity contribution in [2.75, 3.05) is 6.54 Å². The lowest BCUT2D eigenvalue weighted by molar-refractivity contribution is -0.131. The van der Waals surface area contributed by atoms with E-state index >= 15 is 0 Å². The van der Waals surface area contributed by atoms with Crippen molar-refractivity contribution in [2.45, 2.75) is 45.4 Å². The lowest BCUT2D eigenvalue weighted by Gasteiger charge is -2.32. The van der Waals surface area contributed by atoms with Crippen LogP contribution in [0.1, 0.15) is 44.6 Å². The van der Waals surface area contributed by atoms with Crippen LogP contribution in [0.25, 0.3) is 0 Å². The van der Waals surface area contributed by atoms with Crippen LogP contribution in [0.2, 0.25) is 5.02 Å². The average Bonchev–Trinajstić information content (AvgIpc) is 2.39. The third-order valence-electron chi connectivity index (χ3n) is 4.09. The monoisotopic (exact) mass is 279 g/mol. The fourth-order valence-electron chi connectivity index (χ4n) is 2.79. The highest BCUT2D eigenvalue weighted by molar-refractivity contribution is 6.30. The third kappa shape index (κ3) is 3.97. The average molecular weight is 280 g/mol. The van der Waals surface area contributed by atoms with Gasteiger partial charge in [0.2, 0.25) is 5.91 Å². The van der Waals surface area contributed by atoms with Gasteiger partial charge in [-0.1, -0.05) is 49.9 Å². The summed E-state index contributed by atoms with van der Waals surface area (Å²) in [5, 5.41) is 3.83. The fourth-order valence-corrected chi connectivity index (χ4v) is 3.00. The predicted octanol–water partition coefficient (Wildman–Crippen LogP) is 3.97. The van der Waals surface area contributed by atoms with Crippen LogP contribution in [0, 0.1) is 5.41 Å². The number of carbonyl (C=O) groups is 1. The Bertz CT molecular complexity index is 438. The van der Waals surface area contributed by atoms with E-state index in [4.69, 9.17) is 11.6 Å². The van der Waals surface area contributed by atoms with Gasteiger partial charge in [0.15, 0.2) is 0 Å². The minimum atomic E-state index is -0.146. The van der Waals surface area contributed by atoms with Crippen molar-refractivity contribution < 1.29 is 4.79 Å². The van der Waals surface area contributed by atoms with Gasteiger partial charge in [-0.2, -0.15) is 0 Å². The number of halogens is 1. The second kappa shape index (κ2) is 6.42. The number of rotatable bonds is 4. The molecule has 0 aromatic heterocycles. The Balaban J connectivity index is 1.80. The number of amides is 1. The van der Waals surface area contributed by atoms with E-state index in [1.165, 1.54) is 24.8 Å². The van der Waals surface area contributed by atoms with Gasteiger partial charge in [-0.25, -0.2) is 0 Å². The molecule has 3 heteroatoms. The highest BCUT2D eigenvalue weighted by Crippen LogP contribution is 2.35. The molecule has 1 amide bonds. The molecule has 1 saturated carbocycles. The second-order valence-electron chi connectivity index (χ2n) is 5.76. The number of benzene rings is 1. The van der Waals surface area contributed by atoms with E-state index in [1.807, 2.05) is 24.3 Å². The Labute approximate surface area is 120 Å². The molecule has 0 unspecified atom stereocenters. The van der Waals surface area contributed by atoms with E-state index in [1.54, 1.807) is 0 Å². The Morgan fingerprint density at radius 3 is 2.74 bits per heavy atom. The van der Waals surface area contributed by atoms with Crippen LogP contribution in [0.3, 0.4) is 0 Å². The summed E-state index contributed by atoms with van der Waals surface area (Å²) in [4.78, 5) is 12.2. The molecule has 19 heavy (non-hydrogen) atoms. The highest BCUT2D eigenvalue weighted by atomic mass is 35.5. The van der Waals surface area contributed by atoms with Crippen molar-refractivity contribution in [1.29, 1.82) is 0 Å². The highest BCUT2D eigenvalue weighted by Gasteiger charge is 2.33. The molecule has 1 aliphatic rings. The topological polar surface area (TPSA) is 29.1 Å². The smallest absolute Gasteiger partial charge is 0.225 e. The number of nitrogens with one attached hydrogen (secondary N) is 1. The minimum absolute atomic E-state index is 0.146. The second-order valence-corrected chi connectivity index (χ2v) is 6.19. The van der Waals surface area contributed by atoms with Gasteiger partial charge in [0.25, 0.3) is 0 Å². The third-order valence-corrected chi connectivity index (χ3v) is 4.33. The van der Waals surface area contributed by atoms with Crippen molar-refractivity contribution in [3.63, 3.8) is 0 Å². The minimum Gasteiger partial charge on any atom is -0.355 e. The summed E-state index contributed by atoms with van der Waals surface area (Å²) >= 11 is 5.94. The van der Waals surface area contributed by atoms with E-state index in [2.05, 4.69) is 12.2 Å². The van der Waals surface area contributed by atoms with Crippen molar-refractivity contribution in [3.8, 4) is 0 Å². The Kier molecular flexibility index (Phi) is 4.87. The maximum absolute atomic E-state index is 12.2. The molecule has 104 valence electrons. The number of carbonyl (C=O) groups excluding carboxylic acids is 1. The van der Waals surface area contributed by atoms with Crippen LogP contribution in [0.5, 0.6) is 0 Å². The van der Waals surface area contributed by atoms with Crippen LogP contribution in [-0.2, 0) is 11.2 Å². The molecular weight excluding hydrogens is 258 g/mol. The SMILES string of the molecule is CC1(C(=O)NCCc2cccc(Cl)c2)CCCCC1. The molecule has 0 atom stereocenters. The van der Waals surface area contributed by atoms with E-state index in [0.717, 1.165) is 24.3 Å². The summed E-state index contributed by atoms with van der Waals surface area (Å²) < 4.78 is 0. The summed E-state index contributed by atoms with van der Waals surface area (Å²) in [6.45, 7) is 2.79. The van der Waals surface area contributed by atoms with Crippen LogP contribution < -0.4 is 5.32 Å². The van der Waals surface area contributed by atoms with Gasteiger partial charge < -0.3 is 5.32 Å². The quantitative estimate of drug-likeness (QED) is 0.888. The van der Waals surface area contributed by atoms with E-state index in [9.17, 15) is 4.79 Å². The van der Waals surface area contributed by atoms with Gasteiger partial charge in [-0.3, -0.25) is 4.79 Å². The Hall–Kier alpha value is -1.02. The molecule has 1 N–H and O–H groups in total. The molecule has 0 bridgehead atoms. The van der Waals surface area contributed by atoms with Gasteiger partial charge in [-0.05, 0) is 37.0 Å². The summed E-state index contributed by atoms with van der Waals surface area (Å²) in [5.41, 5.74) is 1.02. The molecule has 0 aliphatic heterocycles. The molecule has 1 aromatic rings. The fraction of sp³-hybridized carbons (Fsp3) is 0.562. The molecule has 1 aromatic carbocycles. The maximum atomic E-state index is 12.2. The number of hydrogen-bond donors (Lipinski definition) is 1. The van der Waals surface area contributed by atoms with Gasteiger partial charge in [0.1, 0.15) is 0 Å². The van der Waals surface area contributed by atoms with Crippen molar-refractivity contribution >= 4 is 17.5 Å². The van der Waals surface area contributed by atoms with Gasteiger partial charge >= 0.3 is 0 Å². The molecule has 0 heterocycles. The summed E-state index contributed by atoms with van der Waals surface area (Å²) in [7, 11) is 0. The van der Waals surface area contributed by atoms with E-state index in [-0.39, 0.29) is 11.3 Å². The molecule has 2 nitrogen and oxygen atoms in total. The van der Waals surface area contributed by atoms with Crippen LogP contribution in [0.4, 0.5) is 0 Å². The first kappa shape index (κ1) is 14.4. The summed E-state index contributed by atoms with van der Waals surface area (Å²) in [6.07, 6.45) is 6.51. The molecular formula is C16H22ClNO. The Morgan fingerprint density at radius 1 is 1.32 bits per heavy atom. The first-order valence-corrected chi connectivity index (χ1v) is 7.51. The molecule has 1 fully saturated rings. The standard InChI is InChI=1S/C16H22ClNO/c1-16(9-3-2-4-10-16)15(19)18-11-8-13-6-5-7-14(17)12-13/h5-7,12H,2-4,8-11H2,1H3,(H,18,19). The molecule has 0 spiro atoms. The zero-order valence-corrected chi connectivity index (χ0v) is 12.3. The van der Waals surface area contributed by atoms with Gasteiger partial charge in [0.05, 0.1) is 0 Å². The molecule has 0 radical (unpaired) electrons. The maximum Gasteiger partial charge on any atom is 0.225 e. The lowest BCUT2D eigenvalue weighted by atomic mass is 9.75. The van der Waals surface area contributed by atoms with Gasteiger partial charge in [-0.15, -0.1) is 0 Å². The number of hydrogen-bond acceptors (Lipinski definition) is 1. The first-order valence-electron chi connectivity index (χ1n) is 7.13. The molecule has 0 saturated heterocycles. The van der Waals surface area contributed by atoms with E-state index < -0.39 is 0 Å². The molecule has 1 aliphatic carbocycles. The van der Waals surface area contributed by atoms with Gasteiger partial charge in [0, 0.05) is 17.0 Å². The van der Waals surface area contributed by atoms with Crippen molar-refractivity contribution in [2.24, 2.45) is 5.41 Å². The van der Waals surface area contributed by atoms with E-state index in [0.29, 0.717) is 6.54 Å². The largest absolute Gasteiger partial charge is 0.355 e. The van der Waals surface area contributed by atoms with Crippen LogP contribution in [-0.4, -0.2) is 12.5 Å². The summed E-state index contributed by atoms with van der Waals surface area (Å²) in [5.74, 6) is 0.217.